The Labute approximate surface area is 120 Å². The molecule has 0 aromatic heterocycles. The van der Waals surface area contributed by atoms with Crippen LogP contribution in [0.5, 0.6) is 0 Å². The summed E-state index contributed by atoms with van der Waals surface area (Å²) < 4.78 is 32.9. The molecule has 1 aromatic rings. The maximum Gasteiger partial charge on any atom is 0.240 e. The van der Waals surface area contributed by atoms with Crippen molar-refractivity contribution in [2.24, 2.45) is 5.73 Å². The number of rotatable bonds is 5. The smallest absolute Gasteiger partial charge is 0.240 e. The van der Waals surface area contributed by atoms with E-state index in [1.807, 2.05) is 26.8 Å². The molecule has 112 valence electrons. The molecule has 1 saturated carbocycles. The number of nitrogens with two attached hydrogens (primary N) is 1. The molecule has 0 aliphatic heterocycles. The molecular formula is C14H22N2O3S. The number of aryl methyl sites for hydroxylation is 2. The highest BCUT2D eigenvalue weighted by Gasteiger charge is 2.42. The first-order valence-electron chi connectivity index (χ1n) is 6.82. The summed E-state index contributed by atoms with van der Waals surface area (Å²) in [4.78, 5) is 0.273. The van der Waals surface area contributed by atoms with Crippen molar-refractivity contribution in [3.8, 4) is 0 Å². The minimum atomic E-state index is -3.55. The number of benzene rings is 1. The summed E-state index contributed by atoms with van der Waals surface area (Å²) in [6, 6.07) is 4.57. The van der Waals surface area contributed by atoms with E-state index < -0.39 is 10.0 Å². The van der Waals surface area contributed by atoms with E-state index >= 15 is 0 Å². The Kier molecular flexibility index (Phi) is 4.49. The largest absolute Gasteiger partial charge is 0.377 e. The number of hydrogen-bond donors (Lipinski definition) is 2. The van der Waals surface area contributed by atoms with E-state index in [0.717, 1.165) is 11.1 Å². The molecule has 0 radical (unpaired) electrons. The van der Waals surface area contributed by atoms with Crippen LogP contribution in [0.1, 0.15) is 24.5 Å². The van der Waals surface area contributed by atoms with Gasteiger partial charge in [0.2, 0.25) is 10.0 Å². The molecule has 3 atom stereocenters. The molecule has 20 heavy (non-hydrogen) atoms. The average molecular weight is 298 g/mol. The SMILES string of the molecule is CCOC1CC(N)C1NS(=O)(=O)c1ccc(C)c(C)c1. The van der Waals surface area contributed by atoms with Gasteiger partial charge in [0, 0.05) is 12.6 Å². The van der Waals surface area contributed by atoms with E-state index in [0.29, 0.717) is 13.0 Å². The minimum absolute atomic E-state index is 0.128. The average Bonchev–Trinajstić information content (AvgIpc) is 2.39. The fourth-order valence-electron chi connectivity index (χ4n) is 2.32. The summed E-state index contributed by atoms with van der Waals surface area (Å²) in [6.45, 7) is 6.29. The normalized spacial score (nSPS) is 26.3. The van der Waals surface area contributed by atoms with E-state index in [-0.39, 0.29) is 23.1 Å². The van der Waals surface area contributed by atoms with Crippen LogP contribution < -0.4 is 10.5 Å². The maximum absolute atomic E-state index is 12.4. The molecule has 2 rings (SSSR count). The van der Waals surface area contributed by atoms with Gasteiger partial charge in [-0.3, -0.25) is 0 Å². The first-order chi connectivity index (χ1) is 9.35. The van der Waals surface area contributed by atoms with Gasteiger partial charge < -0.3 is 10.5 Å². The molecule has 1 aliphatic rings. The fraction of sp³-hybridized carbons (Fsp3) is 0.571. The lowest BCUT2D eigenvalue weighted by atomic mass is 9.84. The van der Waals surface area contributed by atoms with Crippen LogP contribution in [-0.4, -0.2) is 33.2 Å². The first kappa shape index (κ1) is 15.4. The zero-order valence-corrected chi connectivity index (χ0v) is 12.9. The van der Waals surface area contributed by atoms with Gasteiger partial charge in [-0.15, -0.1) is 0 Å². The van der Waals surface area contributed by atoms with Gasteiger partial charge in [-0.2, -0.15) is 0 Å². The monoisotopic (exact) mass is 298 g/mol. The Balaban J connectivity index is 2.16. The van der Waals surface area contributed by atoms with Crippen molar-refractivity contribution in [1.82, 2.24) is 4.72 Å². The number of sulfonamides is 1. The van der Waals surface area contributed by atoms with Gasteiger partial charge in [0.1, 0.15) is 0 Å². The quantitative estimate of drug-likeness (QED) is 0.852. The zero-order valence-electron chi connectivity index (χ0n) is 12.1. The molecule has 3 N–H and O–H groups in total. The maximum atomic E-state index is 12.4. The van der Waals surface area contributed by atoms with Crippen molar-refractivity contribution in [3.63, 3.8) is 0 Å². The zero-order chi connectivity index (χ0) is 14.9. The Morgan fingerprint density at radius 2 is 2.05 bits per heavy atom. The first-order valence-corrected chi connectivity index (χ1v) is 8.30. The molecule has 1 fully saturated rings. The third kappa shape index (κ3) is 3.03. The Morgan fingerprint density at radius 3 is 2.60 bits per heavy atom. The lowest BCUT2D eigenvalue weighted by Gasteiger charge is -2.42. The lowest BCUT2D eigenvalue weighted by molar-refractivity contribution is -0.0248. The van der Waals surface area contributed by atoms with E-state index in [2.05, 4.69) is 4.72 Å². The second-order valence-electron chi connectivity index (χ2n) is 5.29. The predicted molar refractivity (Wildman–Crippen MR) is 78.0 cm³/mol. The summed E-state index contributed by atoms with van der Waals surface area (Å²) in [6.07, 6.45) is 0.560. The van der Waals surface area contributed by atoms with Gasteiger partial charge >= 0.3 is 0 Å². The van der Waals surface area contributed by atoms with Crippen LogP contribution in [-0.2, 0) is 14.8 Å². The second kappa shape index (κ2) is 5.81. The van der Waals surface area contributed by atoms with Gasteiger partial charge in [0.25, 0.3) is 0 Å². The molecule has 0 spiro atoms. The molecule has 3 unspecified atom stereocenters. The third-order valence-corrected chi connectivity index (χ3v) is 5.28. The Hall–Kier alpha value is -0.950. The lowest BCUT2D eigenvalue weighted by Crippen LogP contribution is -2.64. The van der Waals surface area contributed by atoms with Crippen molar-refractivity contribution >= 4 is 10.0 Å². The van der Waals surface area contributed by atoms with Gasteiger partial charge in [0.05, 0.1) is 17.0 Å². The van der Waals surface area contributed by atoms with E-state index in [9.17, 15) is 8.42 Å². The van der Waals surface area contributed by atoms with Crippen LogP contribution in [0.4, 0.5) is 0 Å². The van der Waals surface area contributed by atoms with Gasteiger partial charge in [-0.1, -0.05) is 6.07 Å². The van der Waals surface area contributed by atoms with E-state index in [4.69, 9.17) is 10.5 Å². The number of ether oxygens (including phenoxy) is 1. The molecule has 6 heteroatoms. The molecule has 0 saturated heterocycles. The molecule has 1 aromatic carbocycles. The van der Waals surface area contributed by atoms with E-state index in [1.54, 1.807) is 12.1 Å². The Morgan fingerprint density at radius 1 is 1.35 bits per heavy atom. The van der Waals surface area contributed by atoms with Crippen molar-refractivity contribution in [3.05, 3.63) is 29.3 Å². The minimum Gasteiger partial charge on any atom is -0.377 e. The highest BCUT2D eigenvalue weighted by Crippen LogP contribution is 2.25. The standard InChI is InChI=1S/C14H22N2O3S/c1-4-19-13-8-12(15)14(13)16-20(17,18)11-6-5-9(2)10(3)7-11/h5-7,12-14,16H,4,8,15H2,1-3H3. The van der Waals surface area contributed by atoms with Crippen LogP contribution in [0.25, 0.3) is 0 Å². The van der Waals surface area contributed by atoms with E-state index in [1.165, 1.54) is 0 Å². The van der Waals surface area contributed by atoms with Crippen molar-refractivity contribution in [2.75, 3.05) is 6.61 Å². The highest BCUT2D eigenvalue weighted by molar-refractivity contribution is 7.89. The van der Waals surface area contributed by atoms with Crippen LogP contribution in [0.2, 0.25) is 0 Å². The molecule has 5 nitrogen and oxygen atoms in total. The molecule has 0 amide bonds. The number of nitrogens with one attached hydrogen (secondary N) is 1. The van der Waals surface area contributed by atoms with Gasteiger partial charge in [-0.25, -0.2) is 13.1 Å². The highest BCUT2D eigenvalue weighted by atomic mass is 32.2. The third-order valence-electron chi connectivity index (χ3n) is 3.83. The Bertz CT molecular complexity index is 584. The molecule has 0 heterocycles. The van der Waals surface area contributed by atoms with Crippen molar-refractivity contribution in [2.45, 2.75) is 50.3 Å². The summed E-state index contributed by atoms with van der Waals surface area (Å²) in [5.74, 6) is 0. The summed E-state index contributed by atoms with van der Waals surface area (Å²) in [7, 11) is -3.55. The predicted octanol–water partition coefficient (Wildman–Crippen LogP) is 1.09. The molecular weight excluding hydrogens is 276 g/mol. The van der Waals surface area contributed by atoms with Crippen LogP contribution in [0, 0.1) is 13.8 Å². The topological polar surface area (TPSA) is 81.4 Å². The number of hydrogen-bond acceptors (Lipinski definition) is 4. The molecule has 1 aliphatic carbocycles. The second-order valence-corrected chi connectivity index (χ2v) is 7.00. The molecule has 0 bridgehead atoms. The van der Waals surface area contributed by atoms with Gasteiger partial charge in [0.15, 0.2) is 0 Å². The van der Waals surface area contributed by atoms with Gasteiger partial charge in [-0.05, 0) is 50.5 Å². The summed E-state index contributed by atoms with van der Waals surface area (Å²) >= 11 is 0. The van der Waals surface area contributed by atoms with Crippen molar-refractivity contribution < 1.29 is 13.2 Å². The van der Waals surface area contributed by atoms with Crippen LogP contribution >= 0.6 is 0 Å². The van der Waals surface area contributed by atoms with Crippen LogP contribution in [0.3, 0.4) is 0 Å². The fourth-order valence-corrected chi connectivity index (χ4v) is 3.72. The summed E-state index contributed by atoms with van der Waals surface area (Å²) in [5, 5.41) is 0. The van der Waals surface area contributed by atoms with Crippen LogP contribution in [0.15, 0.2) is 23.1 Å². The summed E-state index contributed by atoms with van der Waals surface area (Å²) in [5.41, 5.74) is 7.89. The van der Waals surface area contributed by atoms with Crippen molar-refractivity contribution in [1.29, 1.82) is 0 Å².